The number of rotatable bonds is 2. The fourth-order valence-corrected chi connectivity index (χ4v) is 4.34. The van der Waals surface area contributed by atoms with Gasteiger partial charge in [0.15, 0.2) is 0 Å². The number of nitrogens with zero attached hydrogens (tertiary/aromatic N) is 2. The van der Waals surface area contributed by atoms with Crippen LogP contribution in [0.4, 0.5) is 0 Å². The van der Waals surface area contributed by atoms with Gasteiger partial charge >= 0.3 is 0 Å². The number of benzene rings is 2. The predicted molar refractivity (Wildman–Crippen MR) is 113 cm³/mol. The van der Waals surface area contributed by atoms with Crippen LogP contribution in [0.3, 0.4) is 0 Å². The summed E-state index contributed by atoms with van der Waals surface area (Å²) in [6, 6.07) is 16.5. The van der Waals surface area contributed by atoms with Crippen molar-refractivity contribution >= 4 is 10.9 Å². The second-order valence-corrected chi connectivity index (χ2v) is 7.74. The summed E-state index contributed by atoms with van der Waals surface area (Å²) in [5.74, 6) is 0.0450. The summed E-state index contributed by atoms with van der Waals surface area (Å²) in [7, 11) is 2.19. The van der Waals surface area contributed by atoms with Gasteiger partial charge in [-0.2, -0.15) is 0 Å². The smallest absolute Gasteiger partial charge is 0.210 e. The molecule has 28 heavy (non-hydrogen) atoms. The maximum absolute atomic E-state index is 9.48. The molecule has 0 saturated heterocycles. The first-order chi connectivity index (χ1) is 13.6. The van der Waals surface area contributed by atoms with E-state index in [1.165, 1.54) is 38.9 Å². The maximum Gasteiger partial charge on any atom is 0.210 e. The van der Waals surface area contributed by atoms with E-state index in [4.69, 9.17) is 0 Å². The van der Waals surface area contributed by atoms with Crippen LogP contribution in [0.1, 0.15) is 16.8 Å². The molecule has 0 aliphatic carbocycles. The third-order valence-electron chi connectivity index (χ3n) is 5.77. The van der Waals surface area contributed by atoms with Crippen LogP contribution in [0.15, 0.2) is 54.7 Å². The summed E-state index contributed by atoms with van der Waals surface area (Å²) in [5.41, 5.74) is 9.92. The molecule has 140 valence electrons. The molecule has 4 heteroatoms. The molecule has 0 fully saturated rings. The van der Waals surface area contributed by atoms with E-state index in [1.54, 1.807) is 12.3 Å². The second-order valence-electron chi connectivity index (χ2n) is 7.74. The Kier molecular flexibility index (Phi) is 3.95. The summed E-state index contributed by atoms with van der Waals surface area (Å²) >= 11 is 0. The van der Waals surface area contributed by atoms with E-state index >= 15 is 0 Å². The van der Waals surface area contributed by atoms with E-state index in [2.05, 4.69) is 65.2 Å². The number of H-pyrrole nitrogens is 1. The average Bonchev–Trinajstić information content (AvgIpc) is 3.06. The molecule has 0 unspecified atom stereocenters. The molecule has 2 aromatic heterocycles. The molecule has 1 aliphatic rings. The fourth-order valence-electron chi connectivity index (χ4n) is 4.34. The number of likely N-dealkylation sites (N-methyl/N-ethyl adjacent to an activating group) is 1. The molecule has 1 aliphatic heterocycles. The highest BCUT2D eigenvalue weighted by Crippen LogP contribution is 2.38. The molecule has 5 rings (SSSR count). The molecule has 4 nitrogen and oxygen atoms in total. The molecule has 3 heterocycles. The first-order valence-corrected chi connectivity index (χ1v) is 9.67. The monoisotopic (exact) mass is 369 g/mol. The number of hydrogen-bond donors (Lipinski definition) is 2. The first-order valence-electron chi connectivity index (χ1n) is 9.67. The van der Waals surface area contributed by atoms with Crippen LogP contribution in [0.25, 0.3) is 33.2 Å². The lowest BCUT2D eigenvalue weighted by molar-refractivity contribution is 0.313. The molecule has 0 atom stereocenters. The Morgan fingerprint density at radius 2 is 1.89 bits per heavy atom. The molecule has 4 aromatic rings. The van der Waals surface area contributed by atoms with Crippen molar-refractivity contribution in [2.24, 2.45) is 0 Å². The van der Waals surface area contributed by atoms with Crippen molar-refractivity contribution in [2.45, 2.75) is 19.9 Å². The lowest BCUT2D eigenvalue weighted by Crippen LogP contribution is -2.26. The van der Waals surface area contributed by atoms with E-state index < -0.39 is 0 Å². The van der Waals surface area contributed by atoms with Gasteiger partial charge in [0.05, 0.1) is 0 Å². The fraction of sp³-hybridized carbons (Fsp3) is 0.208. The van der Waals surface area contributed by atoms with Crippen molar-refractivity contribution in [1.82, 2.24) is 14.9 Å². The molecular formula is C24H23N3O. The van der Waals surface area contributed by atoms with E-state index in [0.717, 1.165) is 30.6 Å². The zero-order valence-electron chi connectivity index (χ0n) is 16.2. The topological polar surface area (TPSA) is 52.1 Å². The maximum atomic E-state index is 9.48. The highest BCUT2D eigenvalue weighted by molar-refractivity contribution is 6.00. The van der Waals surface area contributed by atoms with Gasteiger partial charge in [-0.1, -0.05) is 24.3 Å². The Morgan fingerprint density at radius 1 is 1.04 bits per heavy atom. The van der Waals surface area contributed by atoms with E-state index in [0.29, 0.717) is 0 Å². The minimum Gasteiger partial charge on any atom is -0.493 e. The van der Waals surface area contributed by atoms with Gasteiger partial charge in [-0.3, -0.25) is 0 Å². The molecule has 2 aromatic carbocycles. The van der Waals surface area contributed by atoms with Crippen LogP contribution in [-0.2, 0) is 13.0 Å². The van der Waals surface area contributed by atoms with Crippen molar-refractivity contribution in [3.8, 4) is 28.1 Å². The summed E-state index contributed by atoms with van der Waals surface area (Å²) in [4.78, 5) is 10.1. The number of fused-ring (bicyclic) bond motifs is 3. The van der Waals surface area contributed by atoms with Crippen LogP contribution in [0, 0.1) is 6.92 Å². The van der Waals surface area contributed by atoms with Gasteiger partial charge in [0, 0.05) is 53.9 Å². The number of aromatic amines is 1. The molecule has 2 N–H and O–H groups in total. The quantitative estimate of drug-likeness (QED) is 0.528. The lowest BCUT2D eigenvalue weighted by atomic mass is 9.91. The van der Waals surface area contributed by atoms with Crippen LogP contribution < -0.4 is 0 Å². The zero-order valence-corrected chi connectivity index (χ0v) is 16.2. The second kappa shape index (κ2) is 6.50. The number of nitrogens with one attached hydrogen (secondary N) is 1. The standard InChI is InChI=1S/C24H23N3O/c1-15-6-8-21-24(19-14-27(2)11-10-20(19)26-21)23(15)17-5-3-4-16(12-17)18-7-9-22(28)25-13-18/h3-9,12-13,26H,10-11,14H2,1-2H3,(H,25,28). The summed E-state index contributed by atoms with van der Waals surface area (Å²) in [5, 5.41) is 10.8. The van der Waals surface area contributed by atoms with Gasteiger partial charge in [0.1, 0.15) is 0 Å². The minimum atomic E-state index is 0.0450. The number of pyridine rings is 1. The number of aromatic nitrogens is 2. The van der Waals surface area contributed by atoms with E-state index in [1.807, 2.05) is 6.07 Å². The van der Waals surface area contributed by atoms with Crippen LogP contribution >= 0.6 is 0 Å². The Morgan fingerprint density at radius 3 is 2.71 bits per heavy atom. The SMILES string of the molecule is Cc1ccc2[nH]c3c(c2c1-c1cccc(-c2ccc(O)nc2)c1)CN(C)CC3. The number of hydrogen-bond acceptors (Lipinski definition) is 3. The van der Waals surface area contributed by atoms with Crippen LogP contribution in [0.2, 0.25) is 0 Å². The highest BCUT2D eigenvalue weighted by atomic mass is 16.3. The van der Waals surface area contributed by atoms with Gasteiger partial charge < -0.3 is 15.0 Å². The molecule has 0 spiro atoms. The van der Waals surface area contributed by atoms with Crippen molar-refractivity contribution in [2.75, 3.05) is 13.6 Å². The summed E-state index contributed by atoms with van der Waals surface area (Å²) < 4.78 is 0. The average molecular weight is 369 g/mol. The van der Waals surface area contributed by atoms with Gasteiger partial charge in [0.2, 0.25) is 5.88 Å². The van der Waals surface area contributed by atoms with Gasteiger partial charge in [0.25, 0.3) is 0 Å². The van der Waals surface area contributed by atoms with Crippen molar-refractivity contribution < 1.29 is 5.11 Å². The molecule has 0 radical (unpaired) electrons. The van der Waals surface area contributed by atoms with Gasteiger partial charge in [-0.25, -0.2) is 4.98 Å². The van der Waals surface area contributed by atoms with Gasteiger partial charge in [-0.15, -0.1) is 0 Å². The lowest BCUT2D eigenvalue weighted by Gasteiger charge is -2.23. The Labute approximate surface area is 164 Å². The Bertz CT molecular complexity index is 1170. The van der Waals surface area contributed by atoms with Crippen molar-refractivity contribution in [3.05, 3.63) is 71.5 Å². The Hall–Kier alpha value is -3.11. The number of aryl methyl sites for hydroxylation is 1. The summed E-state index contributed by atoms with van der Waals surface area (Å²) in [6.07, 6.45) is 2.78. The zero-order chi connectivity index (χ0) is 19.3. The number of aromatic hydroxyl groups is 1. The van der Waals surface area contributed by atoms with E-state index in [9.17, 15) is 5.11 Å². The van der Waals surface area contributed by atoms with E-state index in [-0.39, 0.29) is 5.88 Å². The predicted octanol–water partition coefficient (Wildman–Crippen LogP) is 4.90. The normalized spacial score (nSPS) is 14.4. The third kappa shape index (κ3) is 2.77. The van der Waals surface area contributed by atoms with Crippen molar-refractivity contribution in [1.29, 1.82) is 0 Å². The largest absolute Gasteiger partial charge is 0.493 e. The van der Waals surface area contributed by atoms with Gasteiger partial charge in [-0.05, 0) is 60.0 Å². The first kappa shape index (κ1) is 17.0. The minimum absolute atomic E-state index is 0.0450. The summed E-state index contributed by atoms with van der Waals surface area (Å²) in [6.45, 7) is 4.26. The van der Waals surface area contributed by atoms with Crippen molar-refractivity contribution in [3.63, 3.8) is 0 Å². The molecular weight excluding hydrogens is 346 g/mol. The third-order valence-corrected chi connectivity index (χ3v) is 5.77. The molecule has 0 bridgehead atoms. The van der Waals surface area contributed by atoms with Crippen LogP contribution in [-0.4, -0.2) is 33.6 Å². The molecule has 0 saturated carbocycles. The highest BCUT2D eigenvalue weighted by Gasteiger charge is 2.21. The molecule has 0 amide bonds. The van der Waals surface area contributed by atoms with Crippen LogP contribution in [0.5, 0.6) is 5.88 Å². The Balaban J connectivity index is 1.71.